The van der Waals surface area contributed by atoms with Crippen LogP contribution in [-0.2, 0) is 11.2 Å². The van der Waals surface area contributed by atoms with Crippen LogP contribution in [0.15, 0.2) is 22.7 Å². The highest BCUT2D eigenvalue weighted by atomic mass is 35.5. The van der Waals surface area contributed by atoms with Crippen molar-refractivity contribution in [3.8, 4) is 17.4 Å². The van der Waals surface area contributed by atoms with Crippen molar-refractivity contribution in [1.29, 1.82) is 0 Å². The van der Waals surface area contributed by atoms with Gasteiger partial charge in [-0.05, 0) is 32.0 Å². The molecule has 0 aliphatic heterocycles. The number of pyridine rings is 1. The standard InChI is InChI=1S/C15H15ClN6O2/c1-8-6-9(2)22(20-8)12-5-4-10(16)14(19-12)15-18-11(21-24-15)7-13(23)17-3/h4-6H,7H2,1-3H3,(H,17,23). The van der Waals surface area contributed by atoms with Crippen LogP contribution < -0.4 is 5.32 Å². The first-order valence-corrected chi connectivity index (χ1v) is 7.59. The number of hydrogen-bond acceptors (Lipinski definition) is 6. The van der Waals surface area contributed by atoms with Crippen molar-refractivity contribution in [3.05, 3.63) is 40.4 Å². The molecule has 8 nitrogen and oxygen atoms in total. The third kappa shape index (κ3) is 3.13. The number of carbonyl (C=O) groups is 1. The van der Waals surface area contributed by atoms with Crippen LogP contribution >= 0.6 is 11.6 Å². The highest BCUT2D eigenvalue weighted by Gasteiger charge is 2.17. The van der Waals surface area contributed by atoms with E-state index in [1.807, 2.05) is 19.9 Å². The number of hydrogen-bond donors (Lipinski definition) is 1. The summed E-state index contributed by atoms with van der Waals surface area (Å²) in [6.45, 7) is 3.84. The van der Waals surface area contributed by atoms with E-state index in [1.54, 1.807) is 23.9 Å². The van der Waals surface area contributed by atoms with Crippen molar-refractivity contribution in [3.63, 3.8) is 0 Å². The average Bonchev–Trinajstić information content (AvgIpc) is 3.14. The first-order chi connectivity index (χ1) is 11.5. The summed E-state index contributed by atoms with van der Waals surface area (Å²) in [5.74, 6) is 0.796. The number of aryl methyl sites for hydroxylation is 2. The molecule has 24 heavy (non-hydrogen) atoms. The molecule has 9 heteroatoms. The fourth-order valence-electron chi connectivity index (χ4n) is 2.21. The molecule has 0 saturated heterocycles. The Kier molecular flexibility index (Phi) is 4.30. The number of nitrogens with one attached hydrogen (secondary N) is 1. The van der Waals surface area contributed by atoms with Gasteiger partial charge in [-0.15, -0.1) is 0 Å². The lowest BCUT2D eigenvalue weighted by Crippen LogP contribution is -2.20. The smallest absolute Gasteiger partial charge is 0.278 e. The summed E-state index contributed by atoms with van der Waals surface area (Å²) in [6.07, 6.45) is 0.0226. The number of aromatic nitrogens is 5. The number of amides is 1. The topological polar surface area (TPSA) is 98.7 Å². The minimum absolute atomic E-state index is 0.0226. The summed E-state index contributed by atoms with van der Waals surface area (Å²) < 4.78 is 6.89. The molecule has 3 aromatic rings. The minimum Gasteiger partial charge on any atom is -0.359 e. The zero-order chi connectivity index (χ0) is 17.3. The molecule has 3 rings (SSSR count). The first-order valence-electron chi connectivity index (χ1n) is 7.21. The van der Waals surface area contributed by atoms with Crippen LogP contribution in [0.4, 0.5) is 0 Å². The highest BCUT2D eigenvalue weighted by Crippen LogP contribution is 2.26. The Hall–Kier alpha value is -2.74. The van der Waals surface area contributed by atoms with Crippen LogP contribution in [-0.4, -0.2) is 37.9 Å². The molecular formula is C15H15ClN6O2. The van der Waals surface area contributed by atoms with Gasteiger partial charge in [-0.25, -0.2) is 9.67 Å². The van der Waals surface area contributed by atoms with Gasteiger partial charge in [0.25, 0.3) is 5.89 Å². The lowest BCUT2D eigenvalue weighted by atomic mass is 10.3. The second-order valence-corrected chi connectivity index (χ2v) is 5.61. The molecule has 0 radical (unpaired) electrons. The van der Waals surface area contributed by atoms with Gasteiger partial charge in [-0.1, -0.05) is 16.8 Å². The Morgan fingerprint density at radius 3 is 2.79 bits per heavy atom. The summed E-state index contributed by atoms with van der Waals surface area (Å²) >= 11 is 6.21. The maximum absolute atomic E-state index is 11.4. The van der Waals surface area contributed by atoms with Crippen molar-refractivity contribution in [1.82, 2.24) is 30.2 Å². The van der Waals surface area contributed by atoms with E-state index in [9.17, 15) is 4.79 Å². The van der Waals surface area contributed by atoms with E-state index < -0.39 is 0 Å². The average molecular weight is 347 g/mol. The van der Waals surface area contributed by atoms with E-state index in [4.69, 9.17) is 16.1 Å². The summed E-state index contributed by atoms with van der Waals surface area (Å²) in [6, 6.07) is 5.40. The van der Waals surface area contributed by atoms with Gasteiger partial charge in [0, 0.05) is 12.7 Å². The number of likely N-dealkylation sites (N-methyl/N-ethyl adjacent to an activating group) is 1. The van der Waals surface area contributed by atoms with Crippen LogP contribution in [0.2, 0.25) is 5.02 Å². The fraction of sp³-hybridized carbons (Fsp3) is 0.267. The van der Waals surface area contributed by atoms with Gasteiger partial charge in [-0.3, -0.25) is 4.79 Å². The Morgan fingerprint density at radius 2 is 2.12 bits per heavy atom. The Bertz CT molecular complexity index is 901. The monoisotopic (exact) mass is 346 g/mol. The molecule has 0 aromatic carbocycles. The fourth-order valence-corrected chi connectivity index (χ4v) is 2.40. The van der Waals surface area contributed by atoms with Crippen LogP contribution in [0.1, 0.15) is 17.2 Å². The summed E-state index contributed by atoms with van der Waals surface area (Å²) in [4.78, 5) is 20.0. The molecule has 0 atom stereocenters. The number of nitrogens with zero attached hydrogens (tertiary/aromatic N) is 5. The maximum Gasteiger partial charge on any atom is 0.278 e. The van der Waals surface area contributed by atoms with Crippen molar-refractivity contribution < 1.29 is 9.32 Å². The van der Waals surface area contributed by atoms with E-state index in [0.717, 1.165) is 11.4 Å². The predicted octanol–water partition coefficient (Wildman–Crippen LogP) is 1.88. The largest absolute Gasteiger partial charge is 0.359 e. The van der Waals surface area contributed by atoms with Crippen molar-refractivity contribution in [2.24, 2.45) is 0 Å². The molecule has 0 aliphatic carbocycles. The van der Waals surface area contributed by atoms with Gasteiger partial charge in [0.1, 0.15) is 5.69 Å². The number of halogens is 1. The van der Waals surface area contributed by atoms with Gasteiger partial charge in [0.05, 0.1) is 17.1 Å². The summed E-state index contributed by atoms with van der Waals surface area (Å²) in [7, 11) is 1.54. The van der Waals surface area contributed by atoms with Gasteiger partial charge < -0.3 is 9.84 Å². The maximum atomic E-state index is 11.4. The van der Waals surface area contributed by atoms with Gasteiger partial charge in [-0.2, -0.15) is 10.1 Å². The third-order valence-corrected chi connectivity index (χ3v) is 3.63. The molecule has 0 fully saturated rings. The quantitative estimate of drug-likeness (QED) is 0.774. The molecule has 0 unspecified atom stereocenters. The van der Waals surface area contributed by atoms with Crippen molar-refractivity contribution in [2.45, 2.75) is 20.3 Å². The molecular weight excluding hydrogens is 332 g/mol. The lowest BCUT2D eigenvalue weighted by molar-refractivity contribution is -0.120. The SMILES string of the molecule is CNC(=O)Cc1noc(-c2nc(-n3nc(C)cc3C)ccc2Cl)n1. The normalized spacial score (nSPS) is 10.8. The zero-order valence-electron chi connectivity index (χ0n) is 13.4. The van der Waals surface area contributed by atoms with Crippen LogP contribution in [0.25, 0.3) is 17.4 Å². The minimum atomic E-state index is -0.210. The van der Waals surface area contributed by atoms with E-state index in [0.29, 0.717) is 16.5 Å². The molecule has 1 N–H and O–H groups in total. The molecule has 3 heterocycles. The van der Waals surface area contributed by atoms with Crippen molar-refractivity contribution >= 4 is 17.5 Å². The molecule has 0 bridgehead atoms. The van der Waals surface area contributed by atoms with Crippen LogP contribution in [0.3, 0.4) is 0 Å². The third-order valence-electron chi connectivity index (χ3n) is 3.33. The highest BCUT2D eigenvalue weighted by molar-refractivity contribution is 6.32. The molecule has 124 valence electrons. The van der Waals surface area contributed by atoms with Crippen LogP contribution in [0.5, 0.6) is 0 Å². The van der Waals surface area contributed by atoms with E-state index in [1.165, 1.54) is 0 Å². The Labute approximate surface area is 142 Å². The second kappa shape index (κ2) is 6.40. The molecule has 0 spiro atoms. The van der Waals surface area contributed by atoms with Gasteiger partial charge in [0.2, 0.25) is 5.91 Å². The number of carbonyl (C=O) groups excluding carboxylic acids is 1. The van der Waals surface area contributed by atoms with E-state index >= 15 is 0 Å². The Morgan fingerprint density at radius 1 is 1.33 bits per heavy atom. The van der Waals surface area contributed by atoms with Crippen LogP contribution in [0, 0.1) is 13.8 Å². The summed E-state index contributed by atoms with van der Waals surface area (Å²) in [5, 5.41) is 11.0. The molecule has 1 amide bonds. The number of rotatable bonds is 4. The van der Waals surface area contributed by atoms with Crippen molar-refractivity contribution in [2.75, 3.05) is 7.05 Å². The lowest BCUT2D eigenvalue weighted by Gasteiger charge is -2.05. The van der Waals surface area contributed by atoms with E-state index in [-0.39, 0.29) is 24.0 Å². The van der Waals surface area contributed by atoms with E-state index in [2.05, 4.69) is 25.5 Å². The second-order valence-electron chi connectivity index (χ2n) is 5.20. The van der Waals surface area contributed by atoms with Gasteiger partial charge in [0.15, 0.2) is 11.6 Å². The molecule has 0 saturated carbocycles. The first kappa shape index (κ1) is 16.1. The predicted molar refractivity (Wildman–Crippen MR) is 86.9 cm³/mol. The Balaban J connectivity index is 1.98. The zero-order valence-corrected chi connectivity index (χ0v) is 14.1. The molecule has 0 aliphatic rings. The van der Waals surface area contributed by atoms with Gasteiger partial charge >= 0.3 is 0 Å². The summed E-state index contributed by atoms with van der Waals surface area (Å²) in [5.41, 5.74) is 2.17. The molecule has 3 aromatic heterocycles.